The van der Waals surface area contributed by atoms with Gasteiger partial charge in [-0.2, -0.15) is 0 Å². The van der Waals surface area contributed by atoms with Crippen LogP contribution in [-0.2, 0) is 0 Å². The third-order valence-corrected chi connectivity index (χ3v) is 4.03. The summed E-state index contributed by atoms with van der Waals surface area (Å²) in [5.74, 6) is 0.349. The van der Waals surface area contributed by atoms with Crippen LogP contribution in [0.3, 0.4) is 0 Å². The fraction of sp³-hybridized carbons (Fsp3) is 0.421. The molecule has 25 heavy (non-hydrogen) atoms. The summed E-state index contributed by atoms with van der Waals surface area (Å²) in [6, 6.07) is 7.12. The van der Waals surface area contributed by atoms with Gasteiger partial charge in [-0.05, 0) is 50.5 Å². The molecule has 0 fully saturated rings. The first-order valence-corrected chi connectivity index (χ1v) is 9.00. The van der Waals surface area contributed by atoms with Crippen LogP contribution >= 0.6 is 11.6 Å². The van der Waals surface area contributed by atoms with Gasteiger partial charge in [-0.15, -0.1) is 0 Å². The Balaban J connectivity index is 2.28. The maximum atomic E-state index is 12.7. The van der Waals surface area contributed by atoms with Gasteiger partial charge in [-0.25, -0.2) is 9.97 Å². The summed E-state index contributed by atoms with van der Waals surface area (Å²) in [5.41, 5.74) is 2.77. The van der Waals surface area contributed by atoms with Crippen molar-refractivity contribution in [2.24, 2.45) is 0 Å². The first kappa shape index (κ1) is 19.2. The largest absolute Gasteiger partial charge is 0.341 e. The van der Waals surface area contributed by atoms with Crippen LogP contribution in [0.15, 0.2) is 24.3 Å². The van der Waals surface area contributed by atoms with Gasteiger partial charge in [-0.3, -0.25) is 4.79 Å². The van der Waals surface area contributed by atoms with Crippen LogP contribution < -0.4 is 10.2 Å². The minimum atomic E-state index is -0.259. The number of amides is 1. The summed E-state index contributed by atoms with van der Waals surface area (Å²) >= 11 is 6.02. The van der Waals surface area contributed by atoms with E-state index in [1.807, 2.05) is 19.9 Å². The van der Waals surface area contributed by atoms with E-state index in [1.165, 1.54) is 0 Å². The normalized spacial score (nSPS) is 10.6. The van der Waals surface area contributed by atoms with Gasteiger partial charge in [0, 0.05) is 29.5 Å². The first-order chi connectivity index (χ1) is 11.9. The van der Waals surface area contributed by atoms with E-state index in [-0.39, 0.29) is 5.91 Å². The van der Waals surface area contributed by atoms with Crippen LogP contribution in [0.4, 0.5) is 11.6 Å². The number of rotatable bonds is 7. The molecule has 0 saturated heterocycles. The highest BCUT2D eigenvalue weighted by atomic mass is 35.5. The molecule has 0 aliphatic heterocycles. The molecule has 2 rings (SSSR count). The van der Waals surface area contributed by atoms with Gasteiger partial charge in [0.05, 0.1) is 0 Å². The highest BCUT2D eigenvalue weighted by Gasteiger charge is 2.15. The van der Waals surface area contributed by atoms with Crippen molar-refractivity contribution < 1.29 is 4.79 Å². The van der Waals surface area contributed by atoms with Crippen molar-refractivity contribution in [2.75, 3.05) is 23.3 Å². The number of anilines is 2. The van der Waals surface area contributed by atoms with E-state index >= 15 is 0 Å². The fourth-order valence-corrected chi connectivity index (χ4v) is 2.75. The van der Waals surface area contributed by atoms with Crippen LogP contribution in [0.1, 0.15) is 48.4 Å². The molecule has 6 heteroatoms. The van der Waals surface area contributed by atoms with Gasteiger partial charge >= 0.3 is 0 Å². The van der Waals surface area contributed by atoms with Crippen LogP contribution in [0.25, 0.3) is 0 Å². The first-order valence-electron chi connectivity index (χ1n) is 8.62. The second kappa shape index (κ2) is 8.81. The van der Waals surface area contributed by atoms with Gasteiger partial charge in [0.15, 0.2) is 0 Å². The summed E-state index contributed by atoms with van der Waals surface area (Å²) in [5, 5.41) is 3.47. The smallest absolute Gasteiger partial charge is 0.274 e. The minimum absolute atomic E-state index is 0.259. The number of aromatic nitrogens is 2. The van der Waals surface area contributed by atoms with Gasteiger partial charge < -0.3 is 10.2 Å². The van der Waals surface area contributed by atoms with Crippen LogP contribution in [-0.4, -0.2) is 29.0 Å². The van der Waals surface area contributed by atoms with Gasteiger partial charge in [0.2, 0.25) is 5.95 Å². The lowest BCUT2D eigenvalue weighted by Gasteiger charge is -2.22. The molecule has 0 saturated carbocycles. The Kier molecular flexibility index (Phi) is 6.76. The summed E-state index contributed by atoms with van der Waals surface area (Å²) in [6.07, 6.45) is 2.00. The quantitative estimate of drug-likeness (QED) is 0.782. The highest BCUT2D eigenvalue weighted by Crippen LogP contribution is 2.21. The molecule has 1 heterocycles. The number of benzene rings is 1. The molecule has 0 radical (unpaired) electrons. The summed E-state index contributed by atoms with van der Waals surface area (Å²) in [7, 11) is 0. The average Bonchev–Trinajstić information content (AvgIpc) is 2.57. The van der Waals surface area contributed by atoms with E-state index in [0.29, 0.717) is 22.4 Å². The molecular formula is C19H25ClN4O. The SMILES string of the molecule is CCCN(CCC)c1nc(C)cc(C(=O)Nc2cc(Cl)ccc2C)n1. The third-order valence-electron chi connectivity index (χ3n) is 3.79. The predicted molar refractivity (Wildman–Crippen MR) is 104 cm³/mol. The Hall–Kier alpha value is -2.14. The predicted octanol–water partition coefficient (Wildman–Crippen LogP) is 4.63. The number of aryl methyl sites for hydroxylation is 2. The van der Waals surface area contributed by atoms with E-state index in [1.54, 1.807) is 18.2 Å². The molecule has 134 valence electrons. The number of hydrogen-bond acceptors (Lipinski definition) is 4. The standard InChI is InChI=1S/C19H25ClN4O/c1-5-9-24(10-6-2)19-21-14(4)11-17(23-19)18(25)22-16-12-15(20)8-7-13(16)3/h7-8,11-12H,5-6,9-10H2,1-4H3,(H,22,25). The molecule has 5 nitrogen and oxygen atoms in total. The molecule has 2 aromatic rings. The lowest BCUT2D eigenvalue weighted by Crippen LogP contribution is -2.28. The van der Waals surface area contributed by atoms with Gasteiger partial charge in [0.25, 0.3) is 5.91 Å². The third kappa shape index (κ3) is 5.16. The van der Waals surface area contributed by atoms with E-state index in [4.69, 9.17) is 11.6 Å². The molecule has 1 N–H and O–H groups in total. The number of halogens is 1. The number of nitrogens with one attached hydrogen (secondary N) is 1. The highest BCUT2D eigenvalue weighted by molar-refractivity contribution is 6.31. The van der Waals surface area contributed by atoms with Crippen molar-refractivity contribution >= 4 is 29.1 Å². The number of carbonyl (C=O) groups is 1. The lowest BCUT2D eigenvalue weighted by molar-refractivity contribution is 0.102. The van der Waals surface area contributed by atoms with Crippen LogP contribution in [0.5, 0.6) is 0 Å². The van der Waals surface area contributed by atoms with Crippen molar-refractivity contribution in [1.82, 2.24) is 9.97 Å². The maximum Gasteiger partial charge on any atom is 0.274 e. The zero-order chi connectivity index (χ0) is 18.4. The molecule has 0 atom stereocenters. The Bertz CT molecular complexity index is 742. The Labute approximate surface area is 154 Å². The van der Waals surface area contributed by atoms with Gasteiger partial charge in [0.1, 0.15) is 5.69 Å². The van der Waals surface area contributed by atoms with E-state index in [0.717, 1.165) is 37.2 Å². The van der Waals surface area contributed by atoms with Crippen molar-refractivity contribution in [2.45, 2.75) is 40.5 Å². The molecular weight excluding hydrogens is 336 g/mol. The lowest BCUT2D eigenvalue weighted by atomic mass is 10.2. The molecule has 0 aliphatic carbocycles. The molecule has 0 unspecified atom stereocenters. The average molecular weight is 361 g/mol. The van der Waals surface area contributed by atoms with E-state index < -0.39 is 0 Å². The molecule has 0 spiro atoms. The fourth-order valence-electron chi connectivity index (χ4n) is 2.58. The molecule has 0 aliphatic rings. The summed E-state index contributed by atoms with van der Waals surface area (Å²) < 4.78 is 0. The molecule has 1 aromatic carbocycles. The Morgan fingerprint density at radius 2 is 1.80 bits per heavy atom. The molecule has 1 amide bonds. The zero-order valence-electron chi connectivity index (χ0n) is 15.3. The molecule has 0 bridgehead atoms. The second-order valence-electron chi connectivity index (χ2n) is 6.09. The van der Waals surface area contributed by atoms with Gasteiger partial charge in [-0.1, -0.05) is 31.5 Å². The Morgan fingerprint density at radius 3 is 2.44 bits per heavy atom. The van der Waals surface area contributed by atoms with Crippen molar-refractivity contribution in [3.05, 3.63) is 46.2 Å². The second-order valence-corrected chi connectivity index (χ2v) is 6.53. The monoisotopic (exact) mass is 360 g/mol. The van der Waals surface area contributed by atoms with Crippen molar-refractivity contribution in [3.8, 4) is 0 Å². The molecule has 1 aromatic heterocycles. The Morgan fingerprint density at radius 1 is 1.12 bits per heavy atom. The van der Waals surface area contributed by atoms with E-state index in [2.05, 4.69) is 34.0 Å². The zero-order valence-corrected chi connectivity index (χ0v) is 16.0. The van der Waals surface area contributed by atoms with Crippen molar-refractivity contribution in [1.29, 1.82) is 0 Å². The maximum absolute atomic E-state index is 12.7. The minimum Gasteiger partial charge on any atom is -0.341 e. The number of hydrogen-bond donors (Lipinski definition) is 1. The van der Waals surface area contributed by atoms with Crippen LogP contribution in [0.2, 0.25) is 5.02 Å². The summed E-state index contributed by atoms with van der Waals surface area (Å²) in [4.78, 5) is 23.8. The van der Waals surface area contributed by atoms with Crippen LogP contribution in [0, 0.1) is 13.8 Å². The number of nitrogens with zero attached hydrogens (tertiary/aromatic N) is 3. The van der Waals surface area contributed by atoms with Crippen molar-refractivity contribution in [3.63, 3.8) is 0 Å². The summed E-state index contributed by atoms with van der Waals surface area (Å²) in [6.45, 7) is 9.77. The number of carbonyl (C=O) groups excluding carboxylic acids is 1. The van der Waals surface area contributed by atoms with E-state index in [9.17, 15) is 4.79 Å². The topological polar surface area (TPSA) is 58.1 Å².